The number of fused-ring (bicyclic) bond motifs is 1. The van der Waals surface area contributed by atoms with Crippen LogP contribution in [0.3, 0.4) is 0 Å². The molecule has 0 aromatic carbocycles. The van der Waals surface area contributed by atoms with Crippen LogP contribution in [-0.2, 0) is 6.54 Å². The molecule has 0 aliphatic heterocycles. The van der Waals surface area contributed by atoms with Gasteiger partial charge in [0.15, 0.2) is 11.4 Å². The van der Waals surface area contributed by atoms with Gasteiger partial charge in [-0.25, -0.2) is 10.8 Å². The number of nitroso groups, excluding NO2 is 1. The number of amides is 1. The zero-order valence-corrected chi connectivity index (χ0v) is 20.1. The lowest BCUT2D eigenvalue weighted by Crippen LogP contribution is -2.47. The topological polar surface area (TPSA) is 200 Å². The van der Waals surface area contributed by atoms with E-state index in [-0.39, 0.29) is 24.5 Å². The number of nitrogens with two attached hydrogens (primary N) is 1. The first-order valence-corrected chi connectivity index (χ1v) is 12.1. The smallest absolute Gasteiger partial charge is 0.287 e. The van der Waals surface area contributed by atoms with Crippen molar-refractivity contribution in [1.82, 2.24) is 14.4 Å². The molecule has 14 nitrogen and oxygen atoms in total. The van der Waals surface area contributed by atoms with Crippen molar-refractivity contribution in [3.63, 3.8) is 0 Å². The highest BCUT2D eigenvalue weighted by atomic mass is 16.5. The van der Waals surface area contributed by atoms with Gasteiger partial charge in [-0.2, -0.15) is 4.91 Å². The molecule has 2 aromatic rings. The molecule has 3 rings (SSSR count). The molecule has 0 spiro atoms. The summed E-state index contributed by atoms with van der Waals surface area (Å²) in [5.41, 5.74) is 18.1. The fraction of sp³-hybridized carbons (Fsp3) is 0.636. The van der Waals surface area contributed by atoms with Gasteiger partial charge in [0.05, 0.1) is 24.9 Å². The lowest BCUT2D eigenvalue weighted by atomic mass is 9.90. The summed E-state index contributed by atoms with van der Waals surface area (Å²) in [5.74, 6) is 6.61. The first-order chi connectivity index (χ1) is 17.6. The van der Waals surface area contributed by atoms with Gasteiger partial charge in [-0.05, 0) is 54.8 Å². The Hall–Kier alpha value is -3.86. The second-order valence-corrected chi connectivity index (χ2v) is 8.81. The minimum absolute atomic E-state index is 0.132. The molecule has 0 bridgehead atoms. The van der Waals surface area contributed by atoms with Gasteiger partial charge in [-0.3, -0.25) is 14.2 Å². The molecule has 36 heavy (non-hydrogen) atoms. The van der Waals surface area contributed by atoms with Crippen molar-refractivity contribution in [1.29, 1.82) is 0 Å². The third kappa shape index (κ3) is 6.85. The Balaban J connectivity index is 1.86. The van der Waals surface area contributed by atoms with Crippen molar-refractivity contribution < 1.29 is 9.53 Å². The Bertz CT molecular complexity index is 1130. The van der Waals surface area contributed by atoms with Gasteiger partial charge in [-0.1, -0.05) is 41.1 Å². The normalized spacial score (nSPS) is 14.5. The van der Waals surface area contributed by atoms with Gasteiger partial charge in [-0.15, -0.1) is 0 Å². The van der Waals surface area contributed by atoms with Crippen molar-refractivity contribution in [3.05, 3.63) is 55.5 Å². The molecule has 1 aliphatic rings. The summed E-state index contributed by atoms with van der Waals surface area (Å²) in [6.07, 6.45) is 9.14. The minimum atomic E-state index is -0.662. The van der Waals surface area contributed by atoms with Gasteiger partial charge >= 0.3 is 0 Å². The number of nitrogens with zero attached hydrogens (tertiary/aromatic N) is 10. The summed E-state index contributed by atoms with van der Waals surface area (Å²) in [5, 5.41) is 11.0. The molecule has 2 N–H and O–H groups in total. The van der Waals surface area contributed by atoms with E-state index in [9.17, 15) is 9.70 Å². The first kappa shape index (κ1) is 26.7. The van der Waals surface area contributed by atoms with E-state index in [4.69, 9.17) is 21.6 Å². The molecule has 0 unspecified atom stereocenters. The molecule has 1 saturated carbocycles. The van der Waals surface area contributed by atoms with Crippen molar-refractivity contribution in [2.75, 3.05) is 19.7 Å². The van der Waals surface area contributed by atoms with Gasteiger partial charge in [0, 0.05) is 22.6 Å². The van der Waals surface area contributed by atoms with Crippen LogP contribution in [0.2, 0.25) is 0 Å². The standard InChI is InChI=1S/C22H31N11O3/c23-30-26-11-5-4-9-17(13-28-35)33(25)22(34)20-18(14-27-31-24)29-21-19(10-6-12-32(20)21)36-15-16-7-2-1-3-8-16/h6,10,12,16-17H,1-5,7-9,11,13-15,25H2/t17-/m1/s1. The van der Waals surface area contributed by atoms with Crippen LogP contribution in [0.25, 0.3) is 26.5 Å². The predicted octanol–water partition coefficient (Wildman–Crippen LogP) is 5.04. The largest absolute Gasteiger partial charge is 0.489 e. The maximum atomic E-state index is 13.5. The van der Waals surface area contributed by atoms with Crippen LogP contribution in [0.4, 0.5) is 0 Å². The van der Waals surface area contributed by atoms with Gasteiger partial charge in [0.2, 0.25) is 0 Å². The number of carbonyl (C=O) groups excluding carboxylic acids is 1. The number of hydrogen-bond acceptors (Lipinski definition) is 8. The number of pyridine rings is 1. The molecular weight excluding hydrogens is 466 g/mol. The molecule has 1 atom stereocenters. The van der Waals surface area contributed by atoms with Crippen LogP contribution in [0.15, 0.2) is 33.7 Å². The Labute approximate surface area is 208 Å². The number of azide groups is 2. The highest BCUT2D eigenvalue weighted by Crippen LogP contribution is 2.28. The Morgan fingerprint density at radius 2 is 2.03 bits per heavy atom. The summed E-state index contributed by atoms with van der Waals surface area (Å²) in [6.45, 7) is 0.525. The van der Waals surface area contributed by atoms with Crippen LogP contribution in [0, 0.1) is 10.8 Å². The minimum Gasteiger partial charge on any atom is -0.489 e. The summed E-state index contributed by atoms with van der Waals surface area (Å²) < 4.78 is 7.69. The van der Waals surface area contributed by atoms with E-state index in [1.807, 2.05) is 0 Å². The van der Waals surface area contributed by atoms with Gasteiger partial charge in [0.25, 0.3) is 5.91 Å². The van der Waals surface area contributed by atoms with Crippen LogP contribution in [-0.4, -0.2) is 46.0 Å². The number of ether oxygens (including phenoxy) is 1. The van der Waals surface area contributed by atoms with Crippen LogP contribution in [0.5, 0.6) is 5.75 Å². The number of hydrogen-bond donors (Lipinski definition) is 1. The number of unbranched alkanes of at least 4 members (excludes halogenated alkanes) is 1. The quantitative estimate of drug-likeness (QED) is 0.0556. The van der Waals surface area contributed by atoms with Crippen LogP contribution < -0.4 is 10.6 Å². The lowest BCUT2D eigenvalue weighted by Gasteiger charge is -2.25. The average molecular weight is 498 g/mol. The van der Waals surface area contributed by atoms with Crippen molar-refractivity contribution in [2.24, 2.45) is 27.2 Å². The Morgan fingerprint density at radius 1 is 1.25 bits per heavy atom. The Kier molecular flexibility index (Phi) is 10.3. The van der Waals surface area contributed by atoms with E-state index in [0.717, 1.165) is 17.9 Å². The molecule has 1 aliphatic carbocycles. The first-order valence-electron chi connectivity index (χ1n) is 12.1. The van der Waals surface area contributed by atoms with E-state index in [2.05, 4.69) is 30.2 Å². The monoisotopic (exact) mass is 497 g/mol. The fourth-order valence-electron chi connectivity index (χ4n) is 4.50. The van der Waals surface area contributed by atoms with E-state index in [1.165, 1.54) is 19.3 Å². The summed E-state index contributed by atoms with van der Waals surface area (Å²) in [4.78, 5) is 34.6. The van der Waals surface area contributed by atoms with E-state index in [1.54, 1.807) is 22.7 Å². The van der Waals surface area contributed by atoms with E-state index < -0.39 is 11.9 Å². The van der Waals surface area contributed by atoms with Gasteiger partial charge in [0.1, 0.15) is 12.2 Å². The SMILES string of the molecule is [N-]=[N+]=NCCCC[C@H](CN=O)N(N)C(=O)c1c(CN=[N+]=[N-])nc2c(OCC3CCCCC3)cccn12. The van der Waals surface area contributed by atoms with E-state index in [0.29, 0.717) is 49.7 Å². The van der Waals surface area contributed by atoms with Crippen molar-refractivity contribution >= 4 is 11.6 Å². The molecule has 192 valence electrons. The number of rotatable bonds is 14. The highest BCUT2D eigenvalue weighted by molar-refractivity contribution is 5.95. The number of carbonyl (C=O) groups is 1. The fourth-order valence-corrected chi connectivity index (χ4v) is 4.50. The molecule has 14 heteroatoms. The number of hydrazine groups is 1. The average Bonchev–Trinajstić information content (AvgIpc) is 3.28. The molecule has 1 fully saturated rings. The zero-order valence-electron chi connectivity index (χ0n) is 20.1. The molecule has 1 amide bonds. The van der Waals surface area contributed by atoms with Crippen molar-refractivity contribution in [3.8, 4) is 5.75 Å². The predicted molar refractivity (Wildman–Crippen MR) is 133 cm³/mol. The van der Waals surface area contributed by atoms with Crippen LogP contribution in [0.1, 0.15) is 67.5 Å². The molecule has 0 saturated heterocycles. The van der Waals surface area contributed by atoms with Crippen LogP contribution >= 0.6 is 0 Å². The second kappa shape index (κ2) is 13.9. The summed E-state index contributed by atoms with van der Waals surface area (Å²) >= 11 is 0. The zero-order chi connectivity index (χ0) is 25.8. The third-order valence-corrected chi connectivity index (χ3v) is 6.39. The second-order valence-electron chi connectivity index (χ2n) is 8.81. The molecule has 2 aromatic heterocycles. The van der Waals surface area contributed by atoms with Gasteiger partial charge < -0.3 is 4.74 Å². The Morgan fingerprint density at radius 3 is 2.75 bits per heavy atom. The van der Waals surface area contributed by atoms with E-state index >= 15 is 0 Å². The summed E-state index contributed by atoms with van der Waals surface area (Å²) in [7, 11) is 0. The lowest BCUT2D eigenvalue weighted by molar-refractivity contribution is 0.0663. The summed E-state index contributed by atoms with van der Waals surface area (Å²) in [6, 6.07) is 2.88. The van der Waals surface area contributed by atoms with Crippen molar-refractivity contribution in [2.45, 2.75) is 64.0 Å². The number of imidazole rings is 1. The maximum Gasteiger partial charge on any atom is 0.287 e. The third-order valence-electron chi connectivity index (χ3n) is 6.39. The maximum absolute atomic E-state index is 13.5. The molecular formula is C22H31N11O3. The molecule has 0 radical (unpaired) electrons. The molecule has 2 heterocycles. The number of aromatic nitrogens is 2. The highest BCUT2D eigenvalue weighted by Gasteiger charge is 2.28.